The van der Waals surface area contributed by atoms with Crippen molar-refractivity contribution < 1.29 is 4.79 Å². The molecule has 1 unspecified atom stereocenters. The van der Waals surface area contributed by atoms with Gasteiger partial charge in [0.15, 0.2) is 0 Å². The summed E-state index contributed by atoms with van der Waals surface area (Å²) in [6, 6.07) is 0.272. The van der Waals surface area contributed by atoms with E-state index in [0.29, 0.717) is 0 Å². The minimum absolute atomic E-state index is 0.136. The van der Waals surface area contributed by atoms with Crippen LogP contribution in [0.4, 0.5) is 0 Å². The maximum absolute atomic E-state index is 11.9. The molecule has 0 aliphatic carbocycles. The van der Waals surface area contributed by atoms with E-state index < -0.39 is 0 Å². The van der Waals surface area contributed by atoms with E-state index in [1.165, 1.54) is 0 Å². The maximum Gasteiger partial charge on any atom is 0.225 e. The fourth-order valence-corrected chi connectivity index (χ4v) is 1.39. The summed E-state index contributed by atoms with van der Waals surface area (Å²) >= 11 is 0. The van der Waals surface area contributed by atoms with E-state index in [0.717, 1.165) is 12.8 Å². The molecule has 1 atom stereocenters. The summed E-state index contributed by atoms with van der Waals surface area (Å²) in [5.41, 5.74) is -0.159. The number of carbonyl (C=O) groups excluding carboxylic acids is 1. The van der Waals surface area contributed by atoms with Crippen molar-refractivity contribution in [3.63, 3.8) is 0 Å². The number of hydrogen-bond acceptors (Lipinski definition) is 1. The van der Waals surface area contributed by atoms with Crippen LogP contribution in [0.3, 0.4) is 0 Å². The highest BCUT2D eigenvalue weighted by Gasteiger charge is 2.29. The number of carbonyl (C=O) groups is 1. The van der Waals surface area contributed by atoms with Crippen LogP contribution in [0.1, 0.15) is 61.3 Å². The highest BCUT2D eigenvalue weighted by molar-refractivity contribution is 5.81. The molecule has 0 heterocycles. The number of rotatable bonds is 3. The smallest absolute Gasteiger partial charge is 0.225 e. The number of hydrogen-bond donors (Lipinski definition) is 1. The zero-order valence-electron chi connectivity index (χ0n) is 11.4. The molecule has 0 aromatic rings. The molecule has 0 rings (SSSR count). The van der Waals surface area contributed by atoms with Gasteiger partial charge < -0.3 is 5.32 Å². The van der Waals surface area contributed by atoms with Crippen LogP contribution >= 0.6 is 0 Å². The van der Waals surface area contributed by atoms with Gasteiger partial charge in [-0.05, 0) is 11.8 Å². The number of nitrogens with one attached hydrogen (secondary N) is 1. The molecule has 0 aromatic heterocycles. The van der Waals surface area contributed by atoms with Gasteiger partial charge in [0.2, 0.25) is 5.91 Å². The predicted octanol–water partition coefficient (Wildman–Crippen LogP) is 3.36. The van der Waals surface area contributed by atoms with E-state index >= 15 is 0 Å². The van der Waals surface area contributed by atoms with Crippen molar-refractivity contribution in [3.8, 4) is 0 Å². The fourth-order valence-electron chi connectivity index (χ4n) is 1.39. The molecular formula is C13H27NO. The standard InChI is InChI=1S/C13H27NO/c1-8-9-10(12(2,3)4)14-11(15)13(5,6)7/h10H,8-9H2,1-7H3,(H,14,15). The summed E-state index contributed by atoms with van der Waals surface area (Å²) in [7, 11) is 0. The van der Waals surface area contributed by atoms with Crippen LogP contribution in [-0.2, 0) is 4.79 Å². The van der Waals surface area contributed by atoms with Gasteiger partial charge >= 0.3 is 0 Å². The van der Waals surface area contributed by atoms with Crippen LogP contribution in [0.5, 0.6) is 0 Å². The van der Waals surface area contributed by atoms with Crippen LogP contribution < -0.4 is 5.32 Å². The van der Waals surface area contributed by atoms with Gasteiger partial charge in [0, 0.05) is 11.5 Å². The number of amides is 1. The zero-order valence-corrected chi connectivity index (χ0v) is 11.4. The second-order valence-corrected chi connectivity index (χ2v) is 6.43. The summed E-state index contributed by atoms with van der Waals surface area (Å²) in [6.45, 7) is 14.5. The molecule has 90 valence electrons. The Hall–Kier alpha value is -0.530. The molecule has 0 saturated heterocycles. The molecule has 2 heteroatoms. The molecular weight excluding hydrogens is 186 g/mol. The quantitative estimate of drug-likeness (QED) is 0.765. The van der Waals surface area contributed by atoms with Crippen molar-refractivity contribution in [1.82, 2.24) is 5.32 Å². The van der Waals surface area contributed by atoms with E-state index in [2.05, 4.69) is 33.0 Å². The van der Waals surface area contributed by atoms with Gasteiger partial charge in [-0.15, -0.1) is 0 Å². The Balaban J connectivity index is 4.50. The highest BCUT2D eigenvalue weighted by atomic mass is 16.2. The zero-order chi connectivity index (χ0) is 12.3. The van der Waals surface area contributed by atoms with Crippen molar-refractivity contribution >= 4 is 5.91 Å². The summed E-state index contributed by atoms with van der Waals surface area (Å²) in [4.78, 5) is 11.9. The molecule has 0 saturated carbocycles. The Morgan fingerprint density at radius 1 is 1.13 bits per heavy atom. The van der Waals surface area contributed by atoms with Crippen molar-refractivity contribution in [2.75, 3.05) is 0 Å². The molecule has 15 heavy (non-hydrogen) atoms. The summed E-state index contributed by atoms with van der Waals surface area (Å²) in [5.74, 6) is 0.149. The molecule has 0 fully saturated rings. The summed E-state index contributed by atoms with van der Waals surface area (Å²) in [5, 5.41) is 3.16. The lowest BCUT2D eigenvalue weighted by Crippen LogP contribution is -2.47. The third-order valence-electron chi connectivity index (χ3n) is 2.61. The van der Waals surface area contributed by atoms with Gasteiger partial charge in [-0.3, -0.25) is 4.79 Å². The first-order valence-corrected chi connectivity index (χ1v) is 5.90. The van der Waals surface area contributed by atoms with Gasteiger partial charge in [-0.2, -0.15) is 0 Å². The highest BCUT2D eigenvalue weighted by Crippen LogP contribution is 2.24. The van der Waals surface area contributed by atoms with Gasteiger partial charge in [0.1, 0.15) is 0 Å². The lowest BCUT2D eigenvalue weighted by atomic mass is 9.83. The summed E-state index contributed by atoms with van der Waals surface area (Å²) in [6.07, 6.45) is 2.15. The van der Waals surface area contributed by atoms with Crippen molar-refractivity contribution in [2.24, 2.45) is 10.8 Å². The Kier molecular flexibility index (Phi) is 4.82. The molecule has 0 spiro atoms. The van der Waals surface area contributed by atoms with Crippen LogP contribution in [0.2, 0.25) is 0 Å². The third-order valence-corrected chi connectivity index (χ3v) is 2.61. The lowest BCUT2D eigenvalue weighted by molar-refractivity contribution is -0.130. The Bertz CT molecular complexity index is 208. The molecule has 2 nitrogen and oxygen atoms in total. The summed E-state index contributed by atoms with van der Waals surface area (Å²) < 4.78 is 0. The van der Waals surface area contributed by atoms with Gasteiger partial charge in [0.25, 0.3) is 0 Å². The SMILES string of the molecule is CCCC(NC(=O)C(C)(C)C)C(C)(C)C. The molecule has 0 aromatic carbocycles. The largest absolute Gasteiger partial charge is 0.352 e. The second-order valence-electron chi connectivity index (χ2n) is 6.43. The van der Waals surface area contributed by atoms with Crippen LogP contribution in [-0.4, -0.2) is 11.9 Å². The average Bonchev–Trinajstić information content (AvgIpc) is 1.99. The van der Waals surface area contributed by atoms with E-state index in [9.17, 15) is 4.79 Å². The third kappa shape index (κ3) is 5.19. The van der Waals surface area contributed by atoms with Gasteiger partial charge in [0.05, 0.1) is 0 Å². The first-order valence-electron chi connectivity index (χ1n) is 5.90. The normalized spacial score (nSPS) is 14.9. The molecule has 1 N–H and O–H groups in total. The van der Waals surface area contributed by atoms with Gasteiger partial charge in [-0.25, -0.2) is 0 Å². The molecule has 0 bridgehead atoms. The fraction of sp³-hybridized carbons (Fsp3) is 0.923. The van der Waals surface area contributed by atoms with Crippen LogP contribution in [0.15, 0.2) is 0 Å². The Morgan fingerprint density at radius 3 is 1.87 bits per heavy atom. The minimum Gasteiger partial charge on any atom is -0.352 e. The molecule has 0 radical (unpaired) electrons. The van der Waals surface area contributed by atoms with E-state index in [1.807, 2.05) is 20.8 Å². The molecule has 1 amide bonds. The lowest BCUT2D eigenvalue weighted by Gasteiger charge is -2.33. The van der Waals surface area contributed by atoms with Crippen LogP contribution in [0.25, 0.3) is 0 Å². The first kappa shape index (κ1) is 14.5. The second kappa shape index (κ2) is 5.00. The first-order chi connectivity index (χ1) is 6.59. The van der Waals surface area contributed by atoms with Crippen molar-refractivity contribution in [1.29, 1.82) is 0 Å². The van der Waals surface area contributed by atoms with E-state index in [4.69, 9.17) is 0 Å². The van der Waals surface area contributed by atoms with E-state index in [-0.39, 0.29) is 22.8 Å². The monoisotopic (exact) mass is 213 g/mol. The Morgan fingerprint density at radius 2 is 1.60 bits per heavy atom. The van der Waals surface area contributed by atoms with Crippen LogP contribution in [0, 0.1) is 10.8 Å². The van der Waals surface area contributed by atoms with Crippen molar-refractivity contribution in [3.05, 3.63) is 0 Å². The molecule has 0 aliphatic rings. The minimum atomic E-state index is -0.294. The van der Waals surface area contributed by atoms with E-state index in [1.54, 1.807) is 0 Å². The van der Waals surface area contributed by atoms with Gasteiger partial charge in [-0.1, -0.05) is 54.9 Å². The average molecular weight is 213 g/mol. The predicted molar refractivity (Wildman–Crippen MR) is 65.7 cm³/mol. The molecule has 0 aliphatic heterocycles. The maximum atomic E-state index is 11.9. The van der Waals surface area contributed by atoms with Crippen molar-refractivity contribution in [2.45, 2.75) is 67.3 Å². The topological polar surface area (TPSA) is 29.1 Å². The Labute approximate surface area is 94.8 Å².